The third-order valence-electron chi connectivity index (χ3n) is 4.33. The molecule has 2 fully saturated rings. The molecule has 1 spiro atoms. The van der Waals surface area contributed by atoms with Crippen LogP contribution in [0.1, 0.15) is 40.0 Å². The molecule has 0 radical (unpaired) electrons. The average Bonchev–Trinajstić information content (AvgIpc) is 2.56. The Hall–Kier alpha value is -1.26. The first-order valence-corrected chi connectivity index (χ1v) is 6.52. The summed E-state index contributed by atoms with van der Waals surface area (Å²) in [5.74, 6) is 0.110. The number of carbonyl (C=O) groups excluding carboxylic acids is 1. The van der Waals surface area contributed by atoms with E-state index in [4.69, 9.17) is 5.11 Å². The van der Waals surface area contributed by atoms with Gasteiger partial charge in [-0.3, -0.25) is 4.79 Å². The van der Waals surface area contributed by atoms with Crippen molar-refractivity contribution in [2.24, 2.45) is 10.8 Å². The van der Waals surface area contributed by atoms with Crippen LogP contribution in [0.4, 0.5) is 4.79 Å². The summed E-state index contributed by atoms with van der Waals surface area (Å²) in [6.07, 6.45) is 1.25. The summed E-state index contributed by atoms with van der Waals surface area (Å²) in [4.78, 5) is 24.1. The number of nitrogens with one attached hydrogen (secondary N) is 1. The zero-order valence-electron chi connectivity index (χ0n) is 11.3. The van der Waals surface area contributed by atoms with Gasteiger partial charge in [0.25, 0.3) is 0 Å². The van der Waals surface area contributed by atoms with Crippen LogP contribution in [0.5, 0.6) is 0 Å². The lowest BCUT2D eigenvalue weighted by Gasteiger charge is -2.45. The lowest BCUT2D eigenvalue weighted by atomic mass is 9.65. The second-order valence-corrected chi connectivity index (χ2v) is 6.68. The Morgan fingerprint density at radius 1 is 1.39 bits per heavy atom. The van der Waals surface area contributed by atoms with Crippen molar-refractivity contribution in [1.29, 1.82) is 0 Å². The highest BCUT2D eigenvalue weighted by Crippen LogP contribution is 2.47. The molecule has 2 rings (SSSR count). The molecule has 2 saturated heterocycles. The third kappa shape index (κ3) is 2.18. The monoisotopic (exact) mass is 254 g/mol. The van der Waals surface area contributed by atoms with Crippen LogP contribution in [-0.4, -0.2) is 41.1 Å². The minimum absolute atomic E-state index is 0.0115. The molecule has 2 aliphatic heterocycles. The summed E-state index contributed by atoms with van der Waals surface area (Å²) in [7, 11) is 0. The maximum Gasteiger partial charge on any atom is 0.407 e. The van der Waals surface area contributed by atoms with E-state index in [2.05, 4.69) is 26.1 Å². The Bertz CT molecular complexity index is 365. The van der Waals surface area contributed by atoms with Crippen molar-refractivity contribution in [2.45, 2.75) is 46.1 Å². The van der Waals surface area contributed by atoms with Crippen molar-refractivity contribution in [2.75, 3.05) is 13.1 Å². The van der Waals surface area contributed by atoms with Crippen molar-refractivity contribution >= 4 is 12.0 Å². The van der Waals surface area contributed by atoms with Crippen molar-refractivity contribution in [3.63, 3.8) is 0 Å². The Labute approximate surface area is 108 Å². The van der Waals surface area contributed by atoms with Gasteiger partial charge < -0.3 is 15.3 Å². The molecule has 1 atom stereocenters. The molecule has 2 N–H and O–H groups in total. The standard InChI is InChI=1S/C13H22N2O3/c1-12(2,3)10-13(8-9(16)14-10)4-6-15(7-5-13)11(17)18/h10H,4-8H2,1-3H3,(H,14,16)(H,17,18). The molecule has 5 nitrogen and oxygen atoms in total. The maximum absolute atomic E-state index is 11.7. The van der Waals surface area contributed by atoms with Crippen LogP contribution < -0.4 is 5.32 Å². The maximum atomic E-state index is 11.7. The lowest BCUT2D eigenvalue weighted by Crippen LogP contribution is -2.52. The number of carbonyl (C=O) groups is 2. The number of carboxylic acid groups (broad SMARTS) is 1. The Morgan fingerprint density at radius 3 is 2.39 bits per heavy atom. The molecule has 0 aromatic carbocycles. The van der Waals surface area contributed by atoms with Crippen molar-refractivity contribution in [3.05, 3.63) is 0 Å². The van der Waals surface area contributed by atoms with E-state index in [0.29, 0.717) is 19.5 Å². The van der Waals surface area contributed by atoms with Crippen molar-refractivity contribution in [1.82, 2.24) is 10.2 Å². The van der Waals surface area contributed by atoms with Crippen LogP contribution in [-0.2, 0) is 4.79 Å². The molecule has 0 aliphatic carbocycles. The molecular formula is C13H22N2O3. The van der Waals surface area contributed by atoms with Gasteiger partial charge >= 0.3 is 6.09 Å². The smallest absolute Gasteiger partial charge is 0.407 e. The summed E-state index contributed by atoms with van der Waals surface area (Å²) in [6.45, 7) is 7.48. The SMILES string of the molecule is CC(C)(C)C1NC(=O)CC12CCN(C(=O)O)CC2. The minimum Gasteiger partial charge on any atom is -0.465 e. The van der Waals surface area contributed by atoms with E-state index in [-0.39, 0.29) is 22.8 Å². The number of rotatable bonds is 0. The fourth-order valence-corrected chi connectivity index (χ4v) is 3.53. The van der Waals surface area contributed by atoms with Gasteiger partial charge in [-0.1, -0.05) is 20.8 Å². The van der Waals surface area contributed by atoms with E-state index >= 15 is 0 Å². The van der Waals surface area contributed by atoms with Gasteiger partial charge in [0.2, 0.25) is 5.91 Å². The van der Waals surface area contributed by atoms with Gasteiger partial charge in [-0.2, -0.15) is 0 Å². The molecule has 0 aromatic heterocycles. The quantitative estimate of drug-likeness (QED) is 0.691. The number of hydrogen-bond acceptors (Lipinski definition) is 2. The minimum atomic E-state index is -0.852. The van der Waals surface area contributed by atoms with Crippen LogP contribution in [0.15, 0.2) is 0 Å². The molecule has 102 valence electrons. The van der Waals surface area contributed by atoms with Crippen molar-refractivity contribution in [3.8, 4) is 0 Å². The highest BCUT2D eigenvalue weighted by Gasteiger charge is 2.52. The predicted molar refractivity (Wildman–Crippen MR) is 67.3 cm³/mol. The fourth-order valence-electron chi connectivity index (χ4n) is 3.53. The predicted octanol–water partition coefficient (Wildman–Crippen LogP) is 1.68. The van der Waals surface area contributed by atoms with Gasteiger partial charge in [-0.25, -0.2) is 4.79 Å². The highest BCUT2D eigenvalue weighted by atomic mass is 16.4. The average molecular weight is 254 g/mol. The Kier molecular flexibility index (Phi) is 3.03. The molecular weight excluding hydrogens is 232 g/mol. The van der Waals surface area contributed by atoms with Crippen LogP contribution in [0.25, 0.3) is 0 Å². The summed E-state index contributed by atoms with van der Waals surface area (Å²) in [5, 5.41) is 12.1. The first-order valence-electron chi connectivity index (χ1n) is 6.52. The van der Waals surface area contributed by atoms with Crippen molar-refractivity contribution < 1.29 is 14.7 Å². The van der Waals surface area contributed by atoms with E-state index in [9.17, 15) is 9.59 Å². The second-order valence-electron chi connectivity index (χ2n) is 6.68. The lowest BCUT2D eigenvalue weighted by molar-refractivity contribution is -0.120. The van der Waals surface area contributed by atoms with Gasteiger partial charge in [-0.15, -0.1) is 0 Å². The Balaban J connectivity index is 2.16. The summed E-state index contributed by atoms with van der Waals surface area (Å²) < 4.78 is 0. The molecule has 5 heteroatoms. The number of hydrogen-bond donors (Lipinski definition) is 2. The van der Waals surface area contributed by atoms with Crippen LogP contribution in [0, 0.1) is 10.8 Å². The van der Waals surface area contributed by atoms with Crippen LogP contribution in [0.3, 0.4) is 0 Å². The van der Waals surface area contributed by atoms with Crippen LogP contribution in [0.2, 0.25) is 0 Å². The molecule has 0 bridgehead atoms. The van der Waals surface area contributed by atoms with Crippen LogP contribution >= 0.6 is 0 Å². The van der Waals surface area contributed by atoms with E-state index < -0.39 is 6.09 Å². The summed E-state index contributed by atoms with van der Waals surface area (Å²) in [5.41, 5.74) is -0.0428. The second kappa shape index (κ2) is 4.14. The van der Waals surface area contributed by atoms with E-state index in [1.807, 2.05) is 0 Å². The number of piperidine rings is 1. The number of nitrogens with zero attached hydrogens (tertiary/aromatic N) is 1. The zero-order chi connectivity index (χ0) is 13.6. The topological polar surface area (TPSA) is 69.6 Å². The normalized spacial score (nSPS) is 27.4. The molecule has 2 amide bonds. The zero-order valence-corrected chi connectivity index (χ0v) is 11.3. The molecule has 18 heavy (non-hydrogen) atoms. The third-order valence-corrected chi connectivity index (χ3v) is 4.33. The molecule has 0 saturated carbocycles. The van der Waals surface area contributed by atoms with Gasteiger partial charge in [0.05, 0.1) is 0 Å². The first kappa shape index (κ1) is 13.2. The van der Waals surface area contributed by atoms with Gasteiger partial charge in [0, 0.05) is 31.0 Å². The summed E-state index contributed by atoms with van der Waals surface area (Å²) in [6, 6.07) is 0.147. The summed E-state index contributed by atoms with van der Waals surface area (Å²) >= 11 is 0. The highest BCUT2D eigenvalue weighted by molar-refractivity contribution is 5.80. The molecule has 0 aromatic rings. The largest absolute Gasteiger partial charge is 0.465 e. The Morgan fingerprint density at radius 2 is 1.94 bits per heavy atom. The van der Waals surface area contributed by atoms with E-state index in [1.165, 1.54) is 4.90 Å². The van der Waals surface area contributed by atoms with E-state index in [0.717, 1.165) is 12.8 Å². The van der Waals surface area contributed by atoms with E-state index in [1.54, 1.807) is 0 Å². The first-order chi connectivity index (χ1) is 8.24. The molecule has 2 aliphatic rings. The molecule has 1 unspecified atom stereocenters. The van der Waals surface area contributed by atoms with Gasteiger partial charge in [0.1, 0.15) is 0 Å². The van der Waals surface area contributed by atoms with Gasteiger partial charge in [-0.05, 0) is 18.3 Å². The number of amides is 2. The number of likely N-dealkylation sites (tertiary alicyclic amines) is 1. The molecule has 2 heterocycles. The van der Waals surface area contributed by atoms with Gasteiger partial charge in [0.15, 0.2) is 0 Å². The fraction of sp³-hybridized carbons (Fsp3) is 0.846.